The quantitative estimate of drug-likeness (QED) is 0.123. The number of nitrogens with two attached hydrogens (primary N) is 1. The monoisotopic (exact) mass is 602 g/mol. The fraction of sp³-hybridized carbons (Fsp3) is 0.360. The first-order valence-electron chi connectivity index (χ1n) is 12.3. The summed E-state index contributed by atoms with van der Waals surface area (Å²) < 4.78 is 22.8. The van der Waals surface area contributed by atoms with Crippen molar-refractivity contribution >= 4 is 53.8 Å². The number of benzene rings is 2. The lowest BCUT2D eigenvalue weighted by Crippen LogP contribution is -2.44. The maximum absolute atomic E-state index is 12.6. The number of rotatable bonds is 9. The zero-order valence-corrected chi connectivity index (χ0v) is 23.8. The average molecular weight is 603 g/mol. The van der Waals surface area contributed by atoms with E-state index in [2.05, 4.69) is 19.7 Å². The van der Waals surface area contributed by atoms with Gasteiger partial charge in [0, 0.05) is 5.39 Å². The van der Waals surface area contributed by atoms with Gasteiger partial charge in [-0.3, -0.25) is 9.09 Å². The molecule has 4 aromatic rings. The molecule has 41 heavy (non-hydrogen) atoms. The minimum absolute atomic E-state index is 0.0216. The van der Waals surface area contributed by atoms with Crippen LogP contribution in [0, 0.1) is 0 Å². The van der Waals surface area contributed by atoms with E-state index in [1.807, 2.05) is 18.4 Å². The minimum Gasteiger partial charge on any atom is -0.575 e. The lowest BCUT2D eigenvalue weighted by molar-refractivity contribution is -0.169. The molecular formula is C25H27N6O8PS. The molecule has 0 aliphatic carbocycles. The minimum atomic E-state index is -2.76. The summed E-state index contributed by atoms with van der Waals surface area (Å²) in [5.41, 5.74) is 4.89. The molecule has 5 rings (SSSR count). The van der Waals surface area contributed by atoms with Crippen molar-refractivity contribution in [2.24, 2.45) is 4.74 Å². The summed E-state index contributed by atoms with van der Waals surface area (Å²) in [6.07, 6.45) is -0.255. The molecule has 216 valence electrons. The van der Waals surface area contributed by atoms with Gasteiger partial charge in [-0.25, -0.2) is 14.8 Å². The Labute approximate surface area is 238 Å². The number of nitrogens with zero attached hydrogens (tertiary/aromatic N) is 5. The van der Waals surface area contributed by atoms with E-state index in [0.717, 1.165) is 5.39 Å². The first-order valence-corrected chi connectivity index (χ1v) is 14.7. The Morgan fingerprint density at radius 2 is 2.10 bits per heavy atom. The van der Waals surface area contributed by atoms with Crippen LogP contribution in [0.4, 0.5) is 5.95 Å². The van der Waals surface area contributed by atoms with Crippen molar-refractivity contribution in [3.63, 3.8) is 0 Å². The van der Waals surface area contributed by atoms with Gasteiger partial charge in [-0.2, -0.15) is 4.98 Å². The van der Waals surface area contributed by atoms with E-state index in [1.165, 1.54) is 36.5 Å². The molecule has 0 radical (unpaired) electrons. The normalized spacial score (nSPS) is 23.7. The van der Waals surface area contributed by atoms with Crippen LogP contribution in [0.25, 0.3) is 21.9 Å². The summed E-state index contributed by atoms with van der Waals surface area (Å²) in [6, 6.07) is 9.21. The lowest BCUT2D eigenvalue weighted by Gasteiger charge is -2.27. The number of aromatic nitrogens is 4. The smallest absolute Gasteiger partial charge is 0.395 e. The SMILES string of the molecule is CSc1nc(N)nc2c1ncn2C1O[C@H](COc2ccc3ccccc3c2O[P+]([O-])=NC(C)C(=O)O)[C@@H](O)[C@@]1(C)O. The highest BCUT2D eigenvalue weighted by Gasteiger charge is 2.54. The molecule has 1 aliphatic rings. The van der Waals surface area contributed by atoms with E-state index in [-0.39, 0.29) is 24.1 Å². The number of carboxylic acids is 1. The second-order valence-electron chi connectivity index (χ2n) is 9.50. The molecule has 16 heteroatoms. The number of anilines is 1. The standard InChI is InChI=1S/C25H27N6O8PS/c1-12(22(33)34)30-40(36)39-18-14-7-5-4-6-13(14)8-9-15(18)37-10-16-19(32)25(2,35)23(38-16)31-11-27-17-20(31)28-24(26)29-21(17)41-3/h4-9,11-12,16,19,23,32,35H,10H2,1-3H3,(H,33,34)(H2,26,28,29)/t12?,16-,19-,23?,25-/m1/s1. The molecule has 3 unspecified atom stereocenters. The summed E-state index contributed by atoms with van der Waals surface area (Å²) in [4.78, 5) is 36.5. The van der Waals surface area contributed by atoms with E-state index in [1.54, 1.807) is 24.3 Å². The Kier molecular flexibility index (Phi) is 8.01. The van der Waals surface area contributed by atoms with E-state index < -0.39 is 44.2 Å². The Morgan fingerprint density at radius 1 is 1.34 bits per heavy atom. The number of carboxylic acid groups (broad SMARTS) is 1. The van der Waals surface area contributed by atoms with Gasteiger partial charge in [0.1, 0.15) is 35.0 Å². The Balaban J connectivity index is 1.42. The number of imidazole rings is 1. The topological polar surface area (TPSA) is 210 Å². The predicted molar refractivity (Wildman–Crippen MR) is 149 cm³/mol. The second kappa shape index (κ2) is 11.4. The molecule has 2 aromatic heterocycles. The maximum Gasteiger partial charge on any atom is 0.395 e. The Bertz CT molecular complexity index is 1650. The number of nitrogen functional groups attached to an aromatic ring is 1. The number of ether oxygens (including phenoxy) is 2. The zero-order valence-electron chi connectivity index (χ0n) is 22.1. The molecule has 0 bridgehead atoms. The van der Waals surface area contributed by atoms with Crippen LogP contribution >= 0.6 is 19.9 Å². The third-order valence-corrected chi connectivity index (χ3v) is 8.19. The van der Waals surface area contributed by atoms with Crippen molar-refractivity contribution in [1.29, 1.82) is 0 Å². The van der Waals surface area contributed by atoms with E-state index in [4.69, 9.17) is 24.8 Å². The van der Waals surface area contributed by atoms with Gasteiger partial charge in [-0.15, -0.1) is 11.8 Å². The summed E-state index contributed by atoms with van der Waals surface area (Å²) in [6.45, 7) is 2.47. The number of aliphatic carboxylic acids is 1. The molecule has 2 aromatic carbocycles. The highest BCUT2D eigenvalue weighted by Crippen LogP contribution is 2.43. The summed E-state index contributed by atoms with van der Waals surface area (Å²) in [5.74, 6) is -0.987. The van der Waals surface area contributed by atoms with Gasteiger partial charge in [0.05, 0.1) is 6.33 Å². The largest absolute Gasteiger partial charge is 0.575 e. The van der Waals surface area contributed by atoms with Crippen LogP contribution in [-0.4, -0.2) is 77.5 Å². The molecule has 1 fully saturated rings. The summed E-state index contributed by atoms with van der Waals surface area (Å²) in [5, 5.41) is 33.3. The zero-order chi connectivity index (χ0) is 29.5. The molecule has 6 atom stereocenters. The lowest BCUT2D eigenvalue weighted by atomic mass is 9.96. The molecular weight excluding hydrogens is 575 g/mol. The highest BCUT2D eigenvalue weighted by atomic mass is 32.2. The summed E-state index contributed by atoms with van der Waals surface area (Å²) >= 11 is 1.34. The van der Waals surface area contributed by atoms with Gasteiger partial charge in [-0.05, 0) is 31.6 Å². The maximum atomic E-state index is 12.6. The van der Waals surface area contributed by atoms with Gasteiger partial charge in [-0.1, -0.05) is 35.1 Å². The van der Waals surface area contributed by atoms with Gasteiger partial charge in [0.2, 0.25) is 11.7 Å². The number of aliphatic hydroxyl groups excluding tert-OH is 1. The third-order valence-electron chi connectivity index (χ3n) is 6.65. The number of fused-ring (bicyclic) bond motifs is 2. The van der Waals surface area contributed by atoms with Crippen molar-refractivity contribution in [1.82, 2.24) is 19.5 Å². The van der Waals surface area contributed by atoms with E-state index >= 15 is 0 Å². The van der Waals surface area contributed by atoms with Crippen molar-refractivity contribution in [2.45, 2.75) is 49.0 Å². The second-order valence-corrected chi connectivity index (χ2v) is 11.2. The molecule has 5 N–H and O–H groups in total. The first-order chi connectivity index (χ1) is 19.5. The molecule has 3 heterocycles. The molecule has 1 saturated heterocycles. The van der Waals surface area contributed by atoms with Crippen LogP contribution in [0.2, 0.25) is 0 Å². The summed E-state index contributed by atoms with van der Waals surface area (Å²) in [7, 11) is -2.76. The molecule has 14 nitrogen and oxygen atoms in total. The van der Waals surface area contributed by atoms with Gasteiger partial charge in [0.15, 0.2) is 23.7 Å². The number of aliphatic hydroxyl groups is 2. The van der Waals surface area contributed by atoms with Crippen LogP contribution in [0.15, 0.2) is 52.5 Å². The number of hydrogen-bond donors (Lipinski definition) is 4. The predicted octanol–water partition coefficient (Wildman–Crippen LogP) is 2.08. The average Bonchev–Trinajstić information content (AvgIpc) is 3.45. The van der Waals surface area contributed by atoms with Crippen LogP contribution < -0.4 is 19.9 Å². The van der Waals surface area contributed by atoms with Gasteiger partial charge < -0.3 is 35.4 Å². The molecule has 0 saturated carbocycles. The molecule has 1 aliphatic heterocycles. The van der Waals surface area contributed by atoms with Crippen LogP contribution in [-0.2, 0) is 9.53 Å². The Hall–Kier alpha value is -3.59. The molecule has 0 spiro atoms. The van der Waals surface area contributed by atoms with E-state index in [0.29, 0.717) is 21.6 Å². The number of hydrogen-bond acceptors (Lipinski definition) is 13. The third kappa shape index (κ3) is 5.52. The fourth-order valence-corrected chi connectivity index (χ4v) is 5.79. The highest BCUT2D eigenvalue weighted by molar-refractivity contribution is 7.98. The van der Waals surface area contributed by atoms with Crippen LogP contribution in [0.5, 0.6) is 11.5 Å². The van der Waals surface area contributed by atoms with Crippen LogP contribution in [0.3, 0.4) is 0 Å². The van der Waals surface area contributed by atoms with Crippen molar-refractivity contribution in [3.8, 4) is 11.5 Å². The number of carbonyl (C=O) groups is 1. The van der Waals surface area contributed by atoms with E-state index in [9.17, 15) is 19.9 Å². The van der Waals surface area contributed by atoms with Crippen molar-refractivity contribution in [2.75, 3.05) is 18.6 Å². The van der Waals surface area contributed by atoms with Crippen LogP contribution in [0.1, 0.15) is 20.1 Å². The number of thioether (sulfide) groups is 1. The fourth-order valence-electron chi connectivity index (χ4n) is 4.49. The van der Waals surface area contributed by atoms with Crippen molar-refractivity contribution < 1.29 is 39.0 Å². The first kappa shape index (κ1) is 28.9. The van der Waals surface area contributed by atoms with Gasteiger partial charge in [0.25, 0.3) is 0 Å². The molecule has 0 amide bonds. The Morgan fingerprint density at radius 3 is 2.83 bits per heavy atom. The van der Waals surface area contributed by atoms with Gasteiger partial charge >= 0.3 is 14.1 Å². The van der Waals surface area contributed by atoms with Crippen molar-refractivity contribution in [3.05, 3.63) is 42.7 Å².